The highest BCUT2D eigenvalue weighted by Gasteiger charge is 2.14. The van der Waals surface area contributed by atoms with Gasteiger partial charge in [-0.15, -0.1) is 0 Å². The predicted octanol–water partition coefficient (Wildman–Crippen LogP) is 4.97. The number of aromatic nitrogens is 2. The minimum Gasteiger partial charge on any atom is -0.460 e. The van der Waals surface area contributed by atoms with E-state index in [0.717, 1.165) is 21.5 Å². The van der Waals surface area contributed by atoms with Crippen molar-refractivity contribution in [2.24, 2.45) is 5.10 Å². The molecule has 0 atom stereocenters. The molecule has 2 aromatic carbocycles. The van der Waals surface area contributed by atoms with Gasteiger partial charge in [-0.1, -0.05) is 40.2 Å². The fraction of sp³-hybridized carbons (Fsp3) is 0.0455. The summed E-state index contributed by atoms with van der Waals surface area (Å²) >= 11 is 3.36. The normalized spacial score (nSPS) is 11.1. The topological polar surface area (TPSA) is 72.4 Å². The lowest BCUT2D eigenvalue weighted by molar-refractivity contribution is 0.0955. The first kappa shape index (κ1) is 18.9. The molecule has 4 rings (SSSR count). The van der Waals surface area contributed by atoms with Gasteiger partial charge in [0.1, 0.15) is 11.5 Å². The zero-order chi connectivity index (χ0) is 20.2. The Morgan fingerprint density at radius 2 is 1.97 bits per heavy atom. The lowest BCUT2D eigenvalue weighted by atomic mass is 10.2. The summed E-state index contributed by atoms with van der Waals surface area (Å²) in [6.45, 7) is 1.88. The third-order valence-corrected chi connectivity index (χ3v) is 4.69. The molecule has 1 amide bonds. The highest BCUT2D eigenvalue weighted by atomic mass is 79.9. The lowest BCUT2D eigenvalue weighted by Crippen LogP contribution is -2.17. The lowest BCUT2D eigenvalue weighted by Gasteiger charge is -2.00. The number of carbonyl (C=O) groups is 1. The van der Waals surface area contributed by atoms with Crippen molar-refractivity contribution < 1.29 is 9.21 Å². The van der Waals surface area contributed by atoms with Crippen molar-refractivity contribution in [3.63, 3.8) is 0 Å². The largest absolute Gasteiger partial charge is 0.460 e. The molecule has 0 spiro atoms. The first-order valence-electron chi connectivity index (χ1n) is 8.91. The highest BCUT2D eigenvalue weighted by Crippen LogP contribution is 2.24. The fourth-order valence-electron chi connectivity index (χ4n) is 2.80. The van der Waals surface area contributed by atoms with Crippen LogP contribution in [-0.2, 0) is 0 Å². The maximum absolute atomic E-state index is 12.3. The van der Waals surface area contributed by atoms with Gasteiger partial charge in [0.2, 0.25) is 0 Å². The van der Waals surface area contributed by atoms with Gasteiger partial charge in [-0.2, -0.15) is 10.2 Å². The van der Waals surface area contributed by atoms with Gasteiger partial charge in [-0.25, -0.2) is 10.1 Å². The number of nitrogens with one attached hydrogen (secondary N) is 1. The van der Waals surface area contributed by atoms with E-state index in [2.05, 4.69) is 31.6 Å². The number of benzene rings is 2. The molecule has 0 radical (unpaired) electrons. The maximum Gasteiger partial charge on any atom is 0.271 e. The molecule has 0 aliphatic carbocycles. The van der Waals surface area contributed by atoms with Crippen LogP contribution >= 0.6 is 15.9 Å². The second-order valence-electron chi connectivity index (χ2n) is 6.33. The molecule has 7 heteroatoms. The monoisotopic (exact) mass is 448 g/mol. The van der Waals surface area contributed by atoms with E-state index >= 15 is 0 Å². The predicted molar refractivity (Wildman–Crippen MR) is 115 cm³/mol. The van der Waals surface area contributed by atoms with Crippen molar-refractivity contribution in [1.29, 1.82) is 0 Å². The molecule has 2 aromatic heterocycles. The molecule has 0 aliphatic rings. The van der Waals surface area contributed by atoms with E-state index in [1.54, 1.807) is 29.1 Å². The van der Waals surface area contributed by atoms with Crippen LogP contribution in [-0.4, -0.2) is 21.9 Å². The molecule has 0 aliphatic heterocycles. The molecule has 0 saturated carbocycles. The Morgan fingerprint density at radius 1 is 1.14 bits per heavy atom. The Labute approximate surface area is 176 Å². The summed E-state index contributed by atoms with van der Waals surface area (Å²) in [5.41, 5.74) is 5.34. The second kappa shape index (κ2) is 8.28. The van der Waals surface area contributed by atoms with Crippen LogP contribution in [0.25, 0.3) is 17.1 Å². The van der Waals surface area contributed by atoms with Crippen LogP contribution in [0.5, 0.6) is 0 Å². The molecule has 0 saturated heterocycles. The molecular weight excluding hydrogens is 432 g/mol. The van der Waals surface area contributed by atoms with Crippen molar-refractivity contribution in [1.82, 2.24) is 15.2 Å². The van der Waals surface area contributed by atoms with Crippen LogP contribution in [0.2, 0.25) is 0 Å². The Kier molecular flexibility index (Phi) is 5.39. The Morgan fingerprint density at radius 3 is 2.69 bits per heavy atom. The van der Waals surface area contributed by atoms with Gasteiger partial charge in [-0.05, 0) is 49.4 Å². The van der Waals surface area contributed by atoms with E-state index < -0.39 is 0 Å². The van der Waals surface area contributed by atoms with Crippen LogP contribution in [0.3, 0.4) is 0 Å². The summed E-state index contributed by atoms with van der Waals surface area (Å²) in [6.07, 6.45) is 3.41. The van der Waals surface area contributed by atoms with Gasteiger partial charge in [0.05, 0.1) is 11.9 Å². The van der Waals surface area contributed by atoms with Crippen molar-refractivity contribution in [3.8, 4) is 17.1 Å². The number of hydrogen-bond donors (Lipinski definition) is 1. The van der Waals surface area contributed by atoms with E-state index in [1.165, 1.54) is 0 Å². The van der Waals surface area contributed by atoms with Crippen molar-refractivity contribution >= 4 is 28.1 Å². The summed E-state index contributed by atoms with van der Waals surface area (Å²) in [5, 5.41) is 8.76. The molecule has 1 N–H and O–H groups in total. The number of halogens is 1. The molecule has 4 aromatic rings. The quantitative estimate of drug-likeness (QED) is 0.346. The molecule has 2 heterocycles. The first-order valence-corrected chi connectivity index (χ1v) is 9.70. The smallest absolute Gasteiger partial charge is 0.271 e. The molecular formula is C22H17BrN4O2. The summed E-state index contributed by atoms with van der Waals surface area (Å²) in [4.78, 5) is 12.3. The zero-order valence-corrected chi connectivity index (χ0v) is 17.1. The van der Waals surface area contributed by atoms with Crippen molar-refractivity contribution in [2.75, 3.05) is 0 Å². The van der Waals surface area contributed by atoms with E-state index in [-0.39, 0.29) is 5.91 Å². The van der Waals surface area contributed by atoms with E-state index in [4.69, 9.17) is 4.42 Å². The summed E-state index contributed by atoms with van der Waals surface area (Å²) in [5.74, 6) is 1.13. The fourth-order valence-corrected chi connectivity index (χ4v) is 3.20. The molecule has 0 fully saturated rings. The number of furan rings is 1. The van der Waals surface area contributed by atoms with Gasteiger partial charge >= 0.3 is 0 Å². The maximum atomic E-state index is 12.3. The average Bonchev–Trinajstić information content (AvgIpc) is 3.35. The third kappa shape index (κ3) is 4.35. The second-order valence-corrected chi connectivity index (χ2v) is 7.25. The number of rotatable bonds is 5. The summed E-state index contributed by atoms with van der Waals surface area (Å²) in [6, 6.07) is 20.6. The van der Waals surface area contributed by atoms with Crippen LogP contribution in [0.15, 0.2) is 86.9 Å². The number of hydrazone groups is 1. The number of amides is 1. The molecule has 0 unspecified atom stereocenters. The molecule has 6 nitrogen and oxygen atoms in total. The van der Waals surface area contributed by atoms with Gasteiger partial charge < -0.3 is 4.42 Å². The standard InChI is InChI=1S/C22H17BrN4O2/c1-15-10-11-20(29-15)21-17(14-27(26-21)19-8-3-2-4-9-19)13-24-25-22(28)16-6-5-7-18(23)12-16/h2-14H,1H3,(H,25,28)/b24-13-. The average molecular weight is 449 g/mol. The van der Waals surface area contributed by atoms with E-state index in [0.29, 0.717) is 17.0 Å². The zero-order valence-electron chi connectivity index (χ0n) is 15.5. The molecule has 144 valence electrons. The number of aryl methyl sites for hydroxylation is 1. The van der Waals surface area contributed by atoms with E-state index in [9.17, 15) is 4.79 Å². The van der Waals surface area contributed by atoms with Gasteiger partial charge in [0.15, 0.2) is 5.76 Å². The van der Waals surface area contributed by atoms with Gasteiger partial charge in [0.25, 0.3) is 5.91 Å². The van der Waals surface area contributed by atoms with Crippen LogP contribution < -0.4 is 5.43 Å². The SMILES string of the molecule is Cc1ccc(-c2nn(-c3ccccc3)cc2/C=N\NC(=O)c2cccc(Br)c2)o1. The van der Waals surface area contributed by atoms with Crippen LogP contribution in [0.1, 0.15) is 21.7 Å². The number of hydrogen-bond acceptors (Lipinski definition) is 4. The Balaban J connectivity index is 1.62. The van der Waals surface area contributed by atoms with Crippen molar-refractivity contribution in [3.05, 3.63) is 94.3 Å². The molecule has 0 bridgehead atoms. The first-order chi connectivity index (χ1) is 14.1. The van der Waals surface area contributed by atoms with Gasteiger partial charge in [0, 0.05) is 21.8 Å². The summed E-state index contributed by atoms with van der Waals surface area (Å²) < 4.78 is 8.32. The molecule has 29 heavy (non-hydrogen) atoms. The number of nitrogens with zero attached hydrogens (tertiary/aromatic N) is 3. The summed E-state index contributed by atoms with van der Waals surface area (Å²) in [7, 11) is 0. The van der Waals surface area contributed by atoms with E-state index in [1.807, 2.05) is 61.7 Å². The van der Waals surface area contributed by atoms with Crippen LogP contribution in [0, 0.1) is 6.92 Å². The Bertz CT molecular complexity index is 1180. The van der Waals surface area contributed by atoms with Crippen molar-refractivity contribution in [2.45, 2.75) is 6.92 Å². The highest BCUT2D eigenvalue weighted by molar-refractivity contribution is 9.10. The van der Waals surface area contributed by atoms with Gasteiger partial charge in [-0.3, -0.25) is 4.79 Å². The minimum absolute atomic E-state index is 0.298. The number of carbonyl (C=O) groups excluding carboxylic acids is 1. The number of para-hydroxylation sites is 1. The Hall–Kier alpha value is -3.45. The minimum atomic E-state index is -0.298. The third-order valence-electron chi connectivity index (χ3n) is 4.19. The van der Waals surface area contributed by atoms with Crippen LogP contribution in [0.4, 0.5) is 0 Å².